The lowest BCUT2D eigenvalue weighted by Crippen LogP contribution is -2.12. The number of nitrogens with one attached hydrogen (secondary N) is 1. The quantitative estimate of drug-likeness (QED) is 0.865. The molecule has 1 aromatic heterocycles. The molecule has 0 amide bonds. The van der Waals surface area contributed by atoms with Gasteiger partial charge in [0.1, 0.15) is 5.82 Å². The average Bonchev–Trinajstić information content (AvgIpc) is 3.11. The Morgan fingerprint density at radius 2 is 2.05 bits per heavy atom. The van der Waals surface area contributed by atoms with Gasteiger partial charge in [0.15, 0.2) is 0 Å². The molecule has 3 N–H and O–H groups in total. The van der Waals surface area contributed by atoms with Crippen LogP contribution in [0.5, 0.6) is 0 Å². The first kappa shape index (κ1) is 12.2. The molecule has 19 heavy (non-hydrogen) atoms. The summed E-state index contributed by atoms with van der Waals surface area (Å²) >= 11 is 0. The van der Waals surface area contributed by atoms with Crippen molar-refractivity contribution < 1.29 is 4.74 Å². The molecule has 1 heterocycles. The highest BCUT2D eigenvalue weighted by Gasteiger charge is 2.42. The molecule has 100 valence electrons. The number of aromatic amines is 1. The molecule has 0 saturated heterocycles. The molecule has 1 fully saturated rings. The molecule has 0 bridgehead atoms. The normalized spacial score (nSPS) is 16.5. The highest BCUT2D eigenvalue weighted by atomic mass is 16.5. The number of rotatable bonds is 5. The summed E-state index contributed by atoms with van der Waals surface area (Å²) in [6, 6.07) is 10.4. The second-order valence-electron chi connectivity index (χ2n) is 5.29. The first-order valence-electron chi connectivity index (χ1n) is 6.66. The number of methoxy groups -OCH3 is 1. The zero-order chi connectivity index (χ0) is 13.3. The average molecular weight is 257 g/mol. The maximum Gasteiger partial charge on any atom is 0.145 e. The maximum absolute atomic E-state index is 5.61. The second kappa shape index (κ2) is 4.70. The Morgan fingerprint density at radius 3 is 2.58 bits per heavy atom. The second-order valence-corrected chi connectivity index (χ2v) is 5.29. The molecule has 0 aliphatic heterocycles. The minimum Gasteiger partial charge on any atom is -0.382 e. The largest absolute Gasteiger partial charge is 0.382 e. The van der Waals surface area contributed by atoms with Crippen molar-refractivity contribution in [3.05, 3.63) is 35.9 Å². The van der Waals surface area contributed by atoms with Crippen LogP contribution in [-0.2, 0) is 11.2 Å². The number of nitrogens with two attached hydrogens (primary N) is 1. The van der Waals surface area contributed by atoms with E-state index in [1.807, 2.05) is 13.2 Å². The molecule has 0 radical (unpaired) electrons. The van der Waals surface area contributed by atoms with Gasteiger partial charge in [-0.3, -0.25) is 5.10 Å². The van der Waals surface area contributed by atoms with Gasteiger partial charge in [0.25, 0.3) is 0 Å². The van der Waals surface area contributed by atoms with Gasteiger partial charge in [0, 0.05) is 13.2 Å². The van der Waals surface area contributed by atoms with E-state index in [0.29, 0.717) is 5.82 Å². The number of aromatic nitrogens is 2. The lowest BCUT2D eigenvalue weighted by Gasteiger charge is -2.12. The summed E-state index contributed by atoms with van der Waals surface area (Å²) in [5.74, 6) is 0.523. The van der Waals surface area contributed by atoms with Crippen molar-refractivity contribution in [2.75, 3.05) is 12.8 Å². The summed E-state index contributed by atoms with van der Waals surface area (Å²) in [4.78, 5) is 0. The van der Waals surface area contributed by atoms with Gasteiger partial charge in [-0.05, 0) is 36.8 Å². The molecule has 2 aromatic rings. The number of aryl methyl sites for hydroxylation is 1. The molecule has 1 saturated carbocycles. The number of hydrogen-bond donors (Lipinski definition) is 2. The topological polar surface area (TPSA) is 63.9 Å². The van der Waals surface area contributed by atoms with Crippen molar-refractivity contribution in [3.63, 3.8) is 0 Å². The van der Waals surface area contributed by atoms with Crippen LogP contribution in [0, 0.1) is 0 Å². The minimum atomic E-state index is 0.177. The predicted octanol–water partition coefficient (Wildman–Crippen LogP) is 2.77. The van der Waals surface area contributed by atoms with Gasteiger partial charge < -0.3 is 10.5 Å². The number of nitrogen functional groups attached to an aromatic ring is 1. The fourth-order valence-electron chi connectivity index (χ4n) is 2.40. The van der Waals surface area contributed by atoms with Crippen LogP contribution in [0.15, 0.2) is 30.3 Å². The molecule has 4 heteroatoms. The van der Waals surface area contributed by atoms with Crippen molar-refractivity contribution in [3.8, 4) is 11.3 Å². The minimum absolute atomic E-state index is 0.177. The van der Waals surface area contributed by atoms with Crippen molar-refractivity contribution in [1.82, 2.24) is 10.2 Å². The van der Waals surface area contributed by atoms with E-state index in [1.165, 1.54) is 18.4 Å². The van der Waals surface area contributed by atoms with Crippen LogP contribution in [0.25, 0.3) is 11.3 Å². The number of anilines is 1. The molecule has 4 nitrogen and oxygen atoms in total. The highest BCUT2D eigenvalue weighted by Crippen LogP contribution is 2.42. The fraction of sp³-hybridized carbons (Fsp3) is 0.400. The SMILES string of the molecule is COC1(CCc2ccc(-c3cc(N)n[nH]3)cc2)CC1. The third-order valence-electron chi connectivity index (χ3n) is 3.97. The Balaban J connectivity index is 1.65. The first-order chi connectivity index (χ1) is 9.21. The highest BCUT2D eigenvalue weighted by molar-refractivity contribution is 5.62. The molecular weight excluding hydrogens is 238 g/mol. The Kier molecular flexibility index (Phi) is 3.03. The Labute approximate surface area is 113 Å². The van der Waals surface area contributed by atoms with Gasteiger partial charge in [-0.25, -0.2) is 0 Å². The van der Waals surface area contributed by atoms with Crippen molar-refractivity contribution in [2.24, 2.45) is 0 Å². The van der Waals surface area contributed by atoms with Gasteiger partial charge in [-0.15, -0.1) is 0 Å². The number of H-pyrrole nitrogens is 1. The Morgan fingerprint density at radius 1 is 1.32 bits per heavy atom. The predicted molar refractivity (Wildman–Crippen MR) is 75.7 cm³/mol. The molecule has 3 rings (SSSR count). The Hall–Kier alpha value is -1.81. The van der Waals surface area contributed by atoms with Gasteiger partial charge in [0.05, 0.1) is 11.3 Å². The number of nitrogens with zero attached hydrogens (tertiary/aromatic N) is 1. The van der Waals surface area contributed by atoms with E-state index < -0.39 is 0 Å². The van der Waals surface area contributed by atoms with Gasteiger partial charge in [-0.1, -0.05) is 24.3 Å². The molecule has 0 spiro atoms. The summed E-state index contributed by atoms with van der Waals surface area (Å²) in [5.41, 5.74) is 9.20. The zero-order valence-electron chi connectivity index (χ0n) is 11.1. The lowest BCUT2D eigenvalue weighted by atomic mass is 10.0. The summed E-state index contributed by atoms with van der Waals surface area (Å²) in [5, 5.41) is 6.86. The van der Waals surface area contributed by atoms with E-state index in [0.717, 1.165) is 24.1 Å². The van der Waals surface area contributed by atoms with Crippen molar-refractivity contribution in [1.29, 1.82) is 0 Å². The van der Waals surface area contributed by atoms with Crippen LogP contribution in [0.2, 0.25) is 0 Å². The van der Waals surface area contributed by atoms with E-state index in [1.54, 1.807) is 0 Å². The van der Waals surface area contributed by atoms with Crippen molar-refractivity contribution >= 4 is 5.82 Å². The van der Waals surface area contributed by atoms with Crippen LogP contribution in [-0.4, -0.2) is 22.9 Å². The molecular formula is C15H19N3O. The van der Waals surface area contributed by atoms with Crippen LogP contribution < -0.4 is 5.73 Å². The van der Waals surface area contributed by atoms with Crippen molar-refractivity contribution in [2.45, 2.75) is 31.3 Å². The van der Waals surface area contributed by atoms with Crippen LogP contribution >= 0.6 is 0 Å². The van der Waals surface area contributed by atoms with Gasteiger partial charge in [-0.2, -0.15) is 5.10 Å². The van der Waals surface area contributed by atoms with Crippen LogP contribution in [0.4, 0.5) is 5.82 Å². The zero-order valence-corrected chi connectivity index (χ0v) is 11.1. The van der Waals surface area contributed by atoms with Gasteiger partial charge in [0.2, 0.25) is 0 Å². The monoisotopic (exact) mass is 257 g/mol. The van der Waals surface area contributed by atoms with E-state index >= 15 is 0 Å². The Bertz CT molecular complexity index is 555. The summed E-state index contributed by atoms with van der Waals surface area (Å²) in [7, 11) is 1.82. The van der Waals surface area contributed by atoms with E-state index in [4.69, 9.17) is 10.5 Å². The standard InChI is InChI=1S/C15H19N3O/c1-19-15(8-9-15)7-6-11-2-4-12(5-3-11)13-10-14(16)18-17-13/h2-5,10H,6-9H2,1H3,(H3,16,17,18). The first-order valence-corrected chi connectivity index (χ1v) is 6.66. The third kappa shape index (κ3) is 2.63. The lowest BCUT2D eigenvalue weighted by molar-refractivity contribution is 0.0731. The van der Waals surface area contributed by atoms with E-state index in [9.17, 15) is 0 Å². The maximum atomic E-state index is 5.61. The van der Waals surface area contributed by atoms with E-state index in [-0.39, 0.29) is 5.60 Å². The van der Waals surface area contributed by atoms with Gasteiger partial charge >= 0.3 is 0 Å². The summed E-state index contributed by atoms with van der Waals surface area (Å²) in [6.07, 6.45) is 4.59. The molecule has 0 unspecified atom stereocenters. The number of ether oxygens (including phenoxy) is 1. The number of hydrogen-bond acceptors (Lipinski definition) is 3. The molecule has 0 atom stereocenters. The van der Waals surface area contributed by atoms with Crippen LogP contribution in [0.1, 0.15) is 24.8 Å². The molecule has 1 aliphatic rings. The summed E-state index contributed by atoms with van der Waals surface area (Å²) in [6.45, 7) is 0. The van der Waals surface area contributed by atoms with E-state index in [2.05, 4.69) is 34.5 Å². The summed E-state index contributed by atoms with van der Waals surface area (Å²) < 4.78 is 5.54. The smallest absolute Gasteiger partial charge is 0.145 e. The van der Waals surface area contributed by atoms with Crippen LogP contribution in [0.3, 0.4) is 0 Å². The third-order valence-corrected chi connectivity index (χ3v) is 3.97. The number of benzene rings is 1. The molecule has 1 aromatic carbocycles. The fourth-order valence-corrected chi connectivity index (χ4v) is 2.40. The molecule has 1 aliphatic carbocycles.